The normalized spacial score (nSPS) is 8.45. The van der Waals surface area contributed by atoms with E-state index in [-0.39, 0.29) is 24.7 Å². The molecule has 2 amide bonds. The van der Waals surface area contributed by atoms with E-state index in [0.717, 1.165) is 0 Å². The summed E-state index contributed by atoms with van der Waals surface area (Å²) in [6, 6.07) is 0. The topological polar surface area (TPSA) is 58.2 Å². The van der Waals surface area contributed by atoms with Gasteiger partial charge in [-0.3, -0.25) is 9.59 Å². The van der Waals surface area contributed by atoms with Crippen LogP contribution in [0.1, 0.15) is 12.8 Å². The van der Waals surface area contributed by atoms with Crippen LogP contribution in [0.4, 0.5) is 0 Å². The van der Waals surface area contributed by atoms with Crippen molar-refractivity contribution < 1.29 is 9.59 Å². The predicted molar refractivity (Wildman–Crippen MR) is 41.6 cm³/mol. The third kappa shape index (κ3) is 5.14. The zero-order chi connectivity index (χ0) is 8.69. The average Bonchev–Trinajstić information content (AvgIpc) is 2.01. The molecule has 0 fully saturated rings. The van der Waals surface area contributed by atoms with Crippen molar-refractivity contribution in [1.82, 2.24) is 10.6 Å². The van der Waals surface area contributed by atoms with Crippen LogP contribution < -0.4 is 10.6 Å². The molecular weight excluding hydrogens is 144 g/mol. The highest BCUT2D eigenvalue weighted by molar-refractivity contribution is 5.83. The summed E-state index contributed by atoms with van der Waals surface area (Å²) < 4.78 is 0. The van der Waals surface area contributed by atoms with E-state index in [4.69, 9.17) is 0 Å². The minimum atomic E-state index is -0.191. The average molecular weight is 156 g/mol. The van der Waals surface area contributed by atoms with Crippen molar-refractivity contribution in [2.75, 3.05) is 7.05 Å². The first-order valence-corrected chi connectivity index (χ1v) is 3.31. The zero-order valence-electron chi connectivity index (χ0n) is 6.52. The van der Waals surface area contributed by atoms with Crippen molar-refractivity contribution in [3.05, 3.63) is 12.8 Å². The summed E-state index contributed by atoms with van der Waals surface area (Å²) in [5.41, 5.74) is 0. The molecule has 0 aliphatic heterocycles. The molecule has 0 rings (SSSR count). The van der Waals surface area contributed by atoms with E-state index in [0.29, 0.717) is 0 Å². The third-order valence-electron chi connectivity index (χ3n) is 1.12. The maximum atomic E-state index is 10.7. The van der Waals surface area contributed by atoms with Gasteiger partial charge in [-0.2, -0.15) is 0 Å². The summed E-state index contributed by atoms with van der Waals surface area (Å²) in [4.78, 5) is 21.3. The number of carbonyl (C=O) groups is 2. The summed E-state index contributed by atoms with van der Waals surface area (Å²) in [6.07, 6.45) is 1.72. The lowest BCUT2D eigenvalue weighted by Crippen LogP contribution is -2.22. The number of amides is 2. The standard InChI is InChI=1S/C7H12N2O2/c1-3-9-7(11)5-4-6(10)8-2/h3H,1,4-5H2,2H3,(H,8,10)(H,9,11). The Balaban J connectivity index is 3.45. The Labute approximate surface area is 65.7 Å². The quantitative estimate of drug-likeness (QED) is 0.590. The van der Waals surface area contributed by atoms with Crippen LogP contribution in [0.25, 0.3) is 0 Å². The van der Waals surface area contributed by atoms with Crippen molar-refractivity contribution >= 4 is 11.8 Å². The van der Waals surface area contributed by atoms with Gasteiger partial charge >= 0.3 is 0 Å². The molecule has 4 nitrogen and oxygen atoms in total. The maximum Gasteiger partial charge on any atom is 0.224 e. The molecule has 2 N–H and O–H groups in total. The van der Waals surface area contributed by atoms with Crippen LogP contribution >= 0.6 is 0 Å². The number of hydrogen-bond donors (Lipinski definition) is 2. The summed E-state index contributed by atoms with van der Waals surface area (Å²) in [7, 11) is 1.54. The molecule has 0 aliphatic carbocycles. The van der Waals surface area contributed by atoms with E-state index in [2.05, 4.69) is 17.2 Å². The second-order valence-corrected chi connectivity index (χ2v) is 1.94. The molecule has 0 saturated heterocycles. The molecule has 0 atom stereocenters. The SMILES string of the molecule is C=CNC(=O)CCC(=O)NC. The lowest BCUT2D eigenvalue weighted by atomic mass is 10.3. The van der Waals surface area contributed by atoms with E-state index in [1.54, 1.807) is 0 Å². The minimum Gasteiger partial charge on any atom is -0.359 e. The second kappa shape index (κ2) is 5.46. The molecule has 0 spiro atoms. The molecule has 0 unspecified atom stereocenters. The summed E-state index contributed by atoms with van der Waals surface area (Å²) in [6.45, 7) is 3.32. The van der Waals surface area contributed by atoms with Crippen LogP contribution in [-0.4, -0.2) is 18.9 Å². The van der Waals surface area contributed by atoms with E-state index in [1.807, 2.05) is 0 Å². The molecule has 0 aromatic carbocycles. The van der Waals surface area contributed by atoms with Crippen LogP contribution in [0.15, 0.2) is 12.8 Å². The van der Waals surface area contributed by atoms with Crippen LogP contribution in [0.3, 0.4) is 0 Å². The van der Waals surface area contributed by atoms with Gasteiger partial charge in [0.1, 0.15) is 0 Å². The van der Waals surface area contributed by atoms with E-state index < -0.39 is 0 Å². The fourth-order valence-corrected chi connectivity index (χ4v) is 0.538. The van der Waals surface area contributed by atoms with Crippen LogP contribution in [0, 0.1) is 0 Å². The first kappa shape index (κ1) is 9.68. The highest BCUT2D eigenvalue weighted by atomic mass is 16.2. The Morgan fingerprint density at radius 3 is 2.36 bits per heavy atom. The van der Waals surface area contributed by atoms with Gasteiger partial charge in [0.2, 0.25) is 11.8 Å². The van der Waals surface area contributed by atoms with E-state index in [9.17, 15) is 9.59 Å². The van der Waals surface area contributed by atoms with Crippen LogP contribution in [-0.2, 0) is 9.59 Å². The predicted octanol–water partition coefficient (Wildman–Crippen LogP) is -0.228. The molecule has 0 saturated carbocycles. The van der Waals surface area contributed by atoms with Crippen molar-refractivity contribution in [3.8, 4) is 0 Å². The molecule has 62 valence electrons. The molecular formula is C7H12N2O2. The summed E-state index contributed by atoms with van der Waals surface area (Å²) >= 11 is 0. The Morgan fingerprint density at radius 1 is 1.36 bits per heavy atom. The molecule has 11 heavy (non-hydrogen) atoms. The van der Waals surface area contributed by atoms with Crippen LogP contribution in [0.2, 0.25) is 0 Å². The largest absolute Gasteiger partial charge is 0.359 e. The number of rotatable bonds is 4. The van der Waals surface area contributed by atoms with Crippen molar-refractivity contribution in [1.29, 1.82) is 0 Å². The first-order chi connectivity index (χ1) is 5.20. The maximum absolute atomic E-state index is 10.7. The second-order valence-electron chi connectivity index (χ2n) is 1.94. The Hall–Kier alpha value is -1.32. The van der Waals surface area contributed by atoms with Gasteiger partial charge in [0.15, 0.2) is 0 Å². The summed E-state index contributed by atoms with van der Waals surface area (Å²) in [5.74, 6) is -0.326. The fraction of sp³-hybridized carbons (Fsp3) is 0.429. The molecule has 0 radical (unpaired) electrons. The Bertz CT molecular complexity index is 166. The van der Waals surface area contributed by atoms with Crippen molar-refractivity contribution in [2.45, 2.75) is 12.8 Å². The van der Waals surface area contributed by atoms with Gasteiger partial charge in [-0.15, -0.1) is 0 Å². The monoisotopic (exact) mass is 156 g/mol. The molecule has 4 heteroatoms. The molecule has 0 bridgehead atoms. The van der Waals surface area contributed by atoms with Crippen molar-refractivity contribution in [3.63, 3.8) is 0 Å². The lowest BCUT2D eigenvalue weighted by molar-refractivity contribution is -0.125. The number of hydrogen-bond acceptors (Lipinski definition) is 2. The Morgan fingerprint density at radius 2 is 1.91 bits per heavy atom. The molecule has 0 aromatic rings. The van der Waals surface area contributed by atoms with E-state index >= 15 is 0 Å². The van der Waals surface area contributed by atoms with Crippen molar-refractivity contribution in [2.24, 2.45) is 0 Å². The minimum absolute atomic E-state index is 0.135. The molecule has 0 heterocycles. The van der Waals surface area contributed by atoms with Gasteiger partial charge in [0.05, 0.1) is 0 Å². The lowest BCUT2D eigenvalue weighted by Gasteiger charge is -1.98. The fourth-order valence-electron chi connectivity index (χ4n) is 0.538. The van der Waals surface area contributed by atoms with Gasteiger partial charge in [-0.1, -0.05) is 6.58 Å². The number of nitrogens with one attached hydrogen (secondary N) is 2. The first-order valence-electron chi connectivity index (χ1n) is 3.31. The highest BCUT2D eigenvalue weighted by Gasteiger charge is 2.02. The smallest absolute Gasteiger partial charge is 0.224 e. The third-order valence-corrected chi connectivity index (χ3v) is 1.12. The van der Waals surface area contributed by atoms with Gasteiger partial charge < -0.3 is 10.6 Å². The molecule has 0 aliphatic rings. The number of carbonyl (C=O) groups excluding carboxylic acids is 2. The zero-order valence-corrected chi connectivity index (χ0v) is 6.52. The van der Waals surface area contributed by atoms with Gasteiger partial charge in [-0.05, 0) is 6.20 Å². The van der Waals surface area contributed by atoms with Gasteiger partial charge in [0.25, 0.3) is 0 Å². The highest BCUT2D eigenvalue weighted by Crippen LogP contribution is 1.87. The van der Waals surface area contributed by atoms with Gasteiger partial charge in [-0.25, -0.2) is 0 Å². The summed E-state index contributed by atoms with van der Waals surface area (Å²) in [5, 5.41) is 4.79. The molecule has 0 aromatic heterocycles. The van der Waals surface area contributed by atoms with Gasteiger partial charge in [0, 0.05) is 19.9 Å². The van der Waals surface area contributed by atoms with E-state index in [1.165, 1.54) is 13.2 Å². The van der Waals surface area contributed by atoms with Crippen LogP contribution in [0.5, 0.6) is 0 Å². The Kier molecular flexibility index (Phi) is 4.81.